The summed E-state index contributed by atoms with van der Waals surface area (Å²) >= 11 is 0. The van der Waals surface area contributed by atoms with Gasteiger partial charge in [-0.3, -0.25) is 19.0 Å². The molecule has 0 saturated carbocycles. The van der Waals surface area contributed by atoms with Gasteiger partial charge < -0.3 is 5.32 Å². The third-order valence-electron chi connectivity index (χ3n) is 5.19. The fraction of sp³-hybridized carbons (Fsp3) is 0.333. The summed E-state index contributed by atoms with van der Waals surface area (Å²) in [6.07, 6.45) is 0.375. The summed E-state index contributed by atoms with van der Waals surface area (Å²) in [6, 6.07) is 12.4. The van der Waals surface area contributed by atoms with Crippen LogP contribution < -0.4 is 16.6 Å². The Balaban J connectivity index is 2.31. The highest BCUT2D eigenvalue weighted by Gasteiger charge is 2.25. The molecule has 1 heterocycles. The van der Waals surface area contributed by atoms with Crippen LogP contribution >= 0.6 is 0 Å². The number of carbonyl (C=O) groups is 2. The number of hydrogen-bond donors (Lipinski definition) is 1. The molecule has 2 aromatic carbocycles. The van der Waals surface area contributed by atoms with Gasteiger partial charge in [0.05, 0.1) is 16.6 Å². The van der Waals surface area contributed by atoms with Crippen LogP contribution in [-0.2, 0) is 4.79 Å². The highest BCUT2D eigenvalue weighted by Crippen LogP contribution is 2.18. The summed E-state index contributed by atoms with van der Waals surface area (Å²) < 4.78 is 2.42. The van der Waals surface area contributed by atoms with E-state index in [1.807, 2.05) is 20.8 Å². The molecule has 0 aliphatic carbocycles. The molecule has 3 rings (SSSR count). The van der Waals surface area contributed by atoms with E-state index >= 15 is 0 Å². The lowest BCUT2D eigenvalue weighted by atomic mass is 10.1. The Morgan fingerprint density at radius 2 is 1.74 bits per heavy atom. The Kier molecular flexibility index (Phi) is 6.53. The summed E-state index contributed by atoms with van der Waals surface area (Å²) in [5, 5.41) is 3.22. The zero-order valence-corrected chi connectivity index (χ0v) is 18.2. The Morgan fingerprint density at radius 1 is 1.03 bits per heavy atom. The van der Waals surface area contributed by atoms with E-state index < -0.39 is 17.3 Å². The molecule has 1 N–H and O–H groups in total. The molecular formula is C24H27N3O4. The standard InChI is InChI=1S/C24H27N3O4/c1-5-20(22(29)25-14-15(2)3)27-21-12-7-6-11-19(21)23(30)26(24(27)31)18-10-8-9-17(13-18)16(4)28/h6-13,15,20H,5,14H2,1-4H3,(H,25,29)/t20-/m0/s1. The number of benzene rings is 2. The second-order valence-electron chi connectivity index (χ2n) is 7.98. The van der Waals surface area contributed by atoms with Gasteiger partial charge in [0.2, 0.25) is 5.91 Å². The van der Waals surface area contributed by atoms with Crippen molar-refractivity contribution >= 4 is 22.6 Å². The number of Topliss-reactive ketones (excluding diaryl/α,β-unsaturated/α-hetero) is 1. The monoisotopic (exact) mass is 421 g/mol. The third-order valence-corrected chi connectivity index (χ3v) is 5.19. The summed E-state index contributed by atoms with van der Waals surface area (Å²) in [6.45, 7) is 7.72. The van der Waals surface area contributed by atoms with Crippen molar-refractivity contribution in [2.24, 2.45) is 5.92 Å². The lowest BCUT2D eigenvalue weighted by Crippen LogP contribution is -2.44. The van der Waals surface area contributed by atoms with Crippen molar-refractivity contribution in [3.63, 3.8) is 0 Å². The second-order valence-corrected chi connectivity index (χ2v) is 7.98. The number of ketones is 1. The molecular weight excluding hydrogens is 394 g/mol. The first-order valence-electron chi connectivity index (χ1n) is 10.4. The summed E-state index contributed by atoms with van der Waals surface area (Å²) in [7, 11) is 0. The molecule has 0 aliphatic rings. The number of fused-ring (bicyclic) bond motifs is 1. The molecule has 1 aromatic heterocycles. The zero-order valence-electron chi connectivity index (χ0n) is 18.2. The molecule has 7 nitrogen and oxygen atoms in total. The number of carbonyl (C=O) groups excluding carboxylic acids is 2. The van der Waals surface area contributed by atoms with Crippen LogP contribution in [0.15, 0.2) is 58.1 Å². The topological polar surface area (TPSA) is 90.2 Å². The fourth-order valence-electron chi connectivity index (χ4n) is 3.58. The average molecular weight is 421 g/mol. The molecule has 162 valence electrons. The van der Waals surface area contributed by atoms with Gasteiger partial charge in [-0.2, -0.15) is 0 Å². The molecule has 0 aliphatic heterocycles. The minimum Gasteiger partial charge on any atom is -0.354 e. The van der Waals surface area contributed by atoms with E-state index in [1.54, 1.807) is 42.5 Å². The molecule has 0 fully saturated rings. The predicted molar refractivity (Wildman–Crippen MR) is 121 cm³/mol. The highest BCUT2D eigenvalue weighted by atomic mass is 16.2. The van der Waals surface area contributed by atoms with Crippen LogP contribution in [0, 0.1) is 5.92 Å². The fourth-order valence-corrected chi connectivity index (χ4v) is 3.58. The third kappa shape index (κ3) is 4.35. The van der Waals surface area contributed by atoms with Crippen molar-refractivity contribution in [1.29, 1.82) is 0 Å². The predicted octanol–water partition coefficient (Wildman–Crippen LogP) is 3.08. The number of para-hydroxylation sites is 1. The van der Waals surface area contributed by atoms with Crippen LogP contribution in [0.3, 0.4) is 0 Å². The highest BCUT2D eigenvalue weighted by molar-refractivity contribution is 5.94. The number of rotatable bonds is 7. The lowest BCUT2D eigenvalue weighted by molar-refractivity contribution is -0.124. The van der Waals surface area contributed by atoms with E-state index in [2.05, 4.69) is 5.32 Å². The molecule has 0 radical (unpaired) electrons. The van der Waals surface area contributed by atoms with Gasteiger partial charge in [0, 0.05) is 12.1 Å². The molecule has 1 atom stereocenters. The van der Waals surface area contributed by atoms with Crippen molar-refractivity contribution in [2.45, 2.75) is 40.2 Å². The average Bonchev–Trinajstić information content (AvgIpc) is 2.75. The van der Waals surface area contributed by atoms with E-state index in [9.17, 15) is 19.2 Å². The number of hydrogen-bond acceptors (Lipinski definition) is 4. The molecule has 1 amide bonds. The molecule has 3 aromatic rings. The van der Waals surface area contributed by atoms with E-state index in [4.69, 9.17) is 0 Å². The Labute approximate surface area is 180 Å². The Bertz CT molecular complexity index is 1250. The zero-order chi connectivity index (χ0) is 22.7. The first kappa shape index (κ1) is 22.2. The van der Waals surface area contributed by atoms with Gasteiger partial charge in [-0.05, 0) is 43.5 Å². The molecule has 0 spiro atoms. The Morgan fingerprint density at radius 3 is 2.39 bits per heavy atom. The normalized spacial score (nSPS) is 12.2. The smallest absolute Gasteiger partial charge is 0.336 e. The SMILES string of the molecule is CC[C@@H](C(=O)NCC(C)C)n1c(=O)n(-c2cccc(C(C)=O)c2)c(=O)c2ccccc21. The van der Waals surface area contributed by atoms with E-state index in [0.29, 0.717) is 35.1 Å². The maximum atomic E-state index is 13.6. The van der Waals surface area contributed by atoms with E-state index in [1.165, 1.54) is 17.6 Å². The summed E-state index contributed by atoms with van der Waals surface area (Å²) in [4.78, 5) is 51.6. The summed E-state index contributed by atoms with van der Waals surface area (Å²) in [5.74, 6) is -0.181. The largest absolute Gasteiger partial charge is 0.354 e. The Hall–Kier alpha value is -3.48. The molecule has 31 heavy (non-hydrogen) atoms. The minimum absolute atomic E-state index is 0.171. The van der Waals surface area contributed by atoms with Crippen molar-refractivity contribution in [1.82, 2.24) is 14.5 Å². The van der Waals surface area contributed by atoms with Crippen LogP contribution in [0.4, 0.5) is 0 Å². The van der Waals surface area contributed by atoms with Gasteiger partial charge in [-0.25, -0.2) is 9.36 Å². The first-order valence-corrected chi connectivity index (χ1v) is 10.4. The number of nitrogens with zero attached hydrogens (tertiary/aromatic N) is 2. The number of amides is 1. The second kappa shape index (κ2) is 9.12. The van der Waals surface area contributed by atoms with E-state index in [-0.39, 0.29) is 17.6 Å². The van der Waals surface area contributed by atoms with Gasteiger partial charge in [0.25, 0.3) is 5.56 Å². The van der Waals surface area contributed by atoms with Crippen molar-refractivity contribution < 1.29 is 9.59 Å². The van der Waals surface area contributed by atoms with Crippen LogP contribution in [0.25, 0.3) is 16.6 Å². The maximum Gasteiger partial charge on any atom is 0.336 e. The van der Waals surface area contributed by atoms with Gasteiger partial charge in [-0.15, -0.1) is 0 Å². The maximum absolute atomic E-state index is 13.6. The molecule has 7 heteroatoms. The van der Waals surface area contributed by atoms with Crippen LogP contribution in [0.1, 0.15) is 50.5 Å². The van der Waals surface area contributed by atoms with Gasteiger partial charge in [0.15, 0.2) is 5.78 Å². The van der Waals surface area contributed by atoms with Gasteiger partial charge in [0.1, 0.15) is 6.04 Å². The van der Waals surface area contributed by atoms with Crippen molar-refractivity contribution in [3.8, 4) is 5.69 Å². The first-order chi connectivity index (χ1) is 14.8. The molecule has 0 bridgehead atoms. The van der Waals surface area contributed by atoms with E-state index in [0.717, 1.165) is 4.57 Å². The van der Waals surface area contributed by atoms with Crippen molar-refractivity contribution in [3.05, 3.63) is 74.9 Å². The van der Waals surface area contributed by atoms with Crippen molar-refractivity contribution in [2.75, 3.05) is 6.54 Å². The number of nitrogens with one attached hydrogen (secondary N) is 1. The van der Waals surface area contributed by atoms with Crippen LogP contribution in [-0.4, -0.2) is 27.4 Å². The minimum atomic E-state index is -0.779. The summed E-state index contributed by atoms with van der Waals surface area (Å²) in [5.41, 5.74) is -0.0150. The van der Waals surface area contributed by atoms with Gasteiger partial charge in [-0.1, -0.05) is 45.0 Å². The van der Waals surface area contributed by atoms with Crippen LogP contribution in [0.5, 0.6) is 0 Å². The molecule has 0 unspecified atom stereocenters. The molecule has 0 saturated heterocycles. The lowest BCUT2D eigenvalue weighted by Gasteiger charge is -2.22. The number of aromatic nitrogens is 2. The quantitative estimate of drug-likeness (QED) is 0.594. The van der Waals surface area contributed by atoms with Crippen LogP contribution in [0.2, 0.25) is 0 Å². The van der Waals surface area contributed by atoms with Gasteiger partial charge >= 0.3 is 5.69 Å².